The highest BCUT2D eigenvalue weighted by molar-refractivity contribution is 5.74. The Morgan fingerprint density at radius 3 is 2.45 bits per heavy atom. The van der Waals surface area contributed by atoms with Gasteiger partial charge in [0.05, 0.1) is 6.61 Å². The molecule has 0 aromatic rings. The zero-order valence-electron chi connectivity index (χ0n) is 7.59. The number of hydrogen-bond acceptors (Lipinski definition) is 2. The van der Waals surface area contributed by atoms with Crippen molar-refractivity contribution in [3.8, 4) is 0 Å². The van der Waals surface area contributed by atoms with Crippen LogP contribution in [0.4, 0.5) is 0 Å². The molecule has 0 rings (SSSR count). The first kappa shape index (κ1) is 10.4. The Kier molecular flexibility index (Phi) is 4.86. The van der Waals surface area contributed by atoms with Gasteiger partial charge in [-0.1, -0.05) is 20.8 Å². The predicted molar refractivity (Wildman–Crippen MR) is 42.8 cm³/mol. The van der Waals surface area contributed by atoms with Gasteiger partial charge in [-0.3, -0.25) is 0 Å². The van der Waals surface area contributed by atoms with Crippen molar-refractivity contribution in [1.29, 1.82) is 0 Å². The Hall–Kier alpha value is -0.570. The summed E-state index contributed by atoms with van der Waals surface area (Å²) in [5.41, 5.74) is 3.72. The smallest absolute Gasteiger partial charge is 0.365 e. The topological polar surface area (TPSA) is 53.9 Å². The number of rotatable bonds is 4. The van der Waals surface area contributed by atoms with Gasteiger partial charge in [-0.15, -0.1) is 0 Å². The minimum absolute atomic E-state index is 0.179. The van der Waals surface area contributed by atoms with E-state index >= 15 is 0 Å². The molecule has 0 saturated heterocycles. The first-order chi connectivity index (χ1) is 5.09. The van der Waals surface area contributed by atoms with E-state index in [4.69, 9.17) is 4.74 Å². The maximum absolute atomic E-state index is 11.1. The Labute approximate surface area is 67.9 Å². The third-order valence-electron chi connectivity index (χ3n) is 1.56. The van der Waals surface area contributed by atoms with Crippen LogP contribution in [0, 0.1) is 5.92 Å². The van der Waals surface area contributed by atoms with E-state index in [0.717, 1.165) is 6.42 Å². The van der Waals surface area contributed by atoms with Crippen LogP contribution in [0.25, 0.3) is 0 Å². The van der Waals surface area contributed by atoms with E-state index in [1.807, 2.05) is 20.8 Å². The molecular weight excluding hydrogens is 142 g/mol. The van der Waals surface area contributed by atoms with E-state index in [1.54, 1.807) is 0 Å². The number of ether oxygens (including phenoxy) is 1. The highest BCUT2D eigenvalue weighted by Gasteiger charge is 2.21. The fraction of sp³-hybridized carbons (Fsp3) is 0.875. The van der Waals surface area contributed by atoms with Gasteiger partial charge in [0, 0.05) is 5.92 Å². The monoisotopic (exact) mass is 160 g/mol. The van der Waals surface area contributed by atoms with Gasteiger partial charge >= 0.3 is 5.97 Å². The number of carbonyl (C=O) groups excluding carboxylic acids is 1. The molecule has 3 nitrogen and oxygen atoms in total. The SMILES string of the molecule is CCCOC(=O)[C@H]([NH3+])C(C)C. The molecular formula is C8H18NO2+. The number of quaternary nitrogens is 1. The summed E-state index contributed by atoms with van der Waals surface area (Å²) in [4.78, 5) is 11.1. The van der Waals surface area contributed by atoms with Crippen LogP contribution in [0.15, 0.2) is 0 Å². The van der Waals surface area contributed by atoms with Crippen molar-refractivity contribution in [3.05, 3.63) is 0 Å². The standard InChI is InChI=1S/C8H17NO2/c1-4-5-11-8(10)7(9)6(2)3/h6-7H,4-5,9H2,1-3H3/p+1/t7-/m1/s1. The first-order valence-corrected chi connectivity index (χ1v) is 4.09. The van der Waals surface area contributed by atoms with Crippen LogP contribution < -0.4 is 5.73 Å². The minimum Gasteiger partial charge on any atom is -0.461 e. The van der Waals surface area contributed by atoms with E-state index in [9.17, 15) is 4.79 Å². The molecule has 0 aliphatic carbocycles. The Morgan fingerprint density at radius 1 is 1.55 bits per heavy atom. The molecule has 0 aromatic carbocycles. The fourth-order valence-corrected chi connectivity index (χ4v) is 0.582. The van der Waals surface area contributed by atoms with Crippen molar-refractivity contribution in [2.75, 3.05) is 6.61 Å². The quantitative estimate of drug-likeness (QED) is 0.597. The first-order valence-electron chi connectivity index (χ1n) is 4.09. The van der Waals surface area contributed by atoms with Crippen LogP contribution in [-0.2, 0) is 9.53 Å². The van der Waals surface area contributed by atoms with Crippen LogP contribution in [0.5, 0.6) is 0 Å². The molecule has 11 heavy (non-hydrogen) atoms. The zero-order valence-corrected chi connectivity index (χ0v) is 7.59. The van der Waals surface area contributed by atoms with E-state index in [1.165, 1.54) is 0 Å². The van der Waals surface area contributed by atoms with Crippen LogP contribution in [-0.4, -0.2) is 18.6 Å². The lowest BCUT2D eigenvalue weighted by Crippen LogP contribution is -2.67. The normalized spacial score (nSPS) is 13.2. The van der Waals surface area contributed by atoms with Crippen LogP contribution in [0.2, 0.25) is 0 Å². The fourth-order valence-electron chi connectivity index (χ4n) is 0.582. The second kappa shape index (κ2) is 5.13. The van der Waals surface area contributed by atoms with Gasteiger partial charge in [0.15, 0.2) is 6.04 Å². The maximum Gasteiger partial charge on any atom is 0.365 e. The van der Waals surface area contributed by atoms with E-state index in [-0.39, 0.29) is 17.9 Å². The number of esters is 1. The molecule has 3 heteroatoms. The third-order valence-corrected chi connectivity index (χ3v) is 1.56. The van der Waals surface area contributed by atoms with Gasteiger partial charge < -0.3 is 10.5 Å². The molecule has 3 N–H and O–H groups in total. The lowest BCUT2D eigenvalue weighted by atomic mass is 10.1. The summed E-state index contributed by atoms with van der Waals surface area (Å²) in [5.74, 6) is 0.0845. The summed E-state index contributed by atoms with van der Waals surface area (Å²) in [7, 11) is 0. The van der Waals surface area contributed by atoms with E-state index < -0.39 is 0 Å². The second-order valence-corrected chi connectivity index (χ2v) is 3.02. The summed E-state index contributed by atoms with van der Waals surface area (Å²) in [6.07, 6.45) is 0.872. The lowest BCUT2D eigenvalue weighted by molar-refractivity contribution is -0.418. The highest BCUT2D eigenvalue weighted by atomic mass is 16.5. The highest BCUT2D eigenvalue weighted by Crippen LogP contribution is 1.98. The van der Waals surface area contributed by atoms with Crippen LogP contribution in [0.1, 0.15) is 27.2 Å². The number of hydrogen-bond donors (Lipinski definition) is 1. The summed E-state index contributed by atoms with van der Waals surface area (Å²) in [5, 5.41) is 0. The van der Waals surface area contributed by atoms with Crippen molar-refractivity contribution < 1.29 is 15.3 Å². The molecule has 0 fully saturated rings. The average molecular weight is 160 g/mol. The van der Waals surface area contributed by atoms with Gasteiger partial charge in [0.25, 0.3) is 0 Å². The Morgan fingerprint density at radius 2 is 2.09 bits per heavy atom. The Balaban J connectivity index is 3.64. The molecule has 0 aliphatic heterocycles. The Bertz CT molecular complexity index is 123. The van der Waals surface area contributed by atoms with E-state index in [0.29, 0.717) is 6.61 Å². The summed E-state index contributed by atoms with van der Waals surface area (Å²) in [6, 6.07) is -0.221. The van der Waals surface area contributed by atoms with Crippen molar-refractivity contribution in [3.63, 3.8) is 0 Å². The number of carbonyl (C=O) groups is 1. The third kappa shape index (κ3) is 3.98. The molecule has 0 saturated carbocycles. The molecule has 0 radical (unpaired) electrons. The van der Waals surface area contributed by atoms with Crippen molar-refractivity contribution in [1.82, 2.24) is 0 Å². The molecule has 0 aliphatic rings. The summed E-state index contributed by atoms with van der Waals surface area (Å²) in [6.45, 7) is 6.41. The van der Waals surface area contributed by atoms with Crippen molar-refractivity contribution >= 4 is 5.97 Å². The molecule has 0 bridgehead atoms. The lowest BCUT2D eigenvalue weighted by Gasteiger charge is -2.10. The van der Waals surface area contributed by atoms with Crippen molar-refractivity contribution in [2.45, 2.75) is 33.2 Å². The average Bonchev–Trinajstić information content (AvgIpc) is 1.98. The van der Waals surface area contributed by atoms with Gasteiger partial charge in [-0.2, -0.15) is 0 Å². The molecule has 0 amide bonds. The maximum atomic E-state index is 11.1. The predicted octanol–water partition coefficient (Wildman–Crippen LogP) is 0.206. The largest absolute Gasteiger partial charge is 0.461 e. The molecule has 0 heterocycles. The minimum atomic E-state index is -0.221. The molecule has 66 valence electrons. The molecule has 0 unspecified atom stereocenters. The van der Waals surface area contributed by atoms with Gasteiger partial charge in [-0.05, 0) is 6.42 Å². The van der Waals surface area contributed by atoms with Gasteiger partial charge in [-0.25, -0.2) is 4.79 Å². The van der Waals surface area contributed by atoms with Crippen molar-refractivity contribution in [2.24, 2.45) is 5.92 Å². The summed E-state index contributed by atoms with van der Waals surface area (Å²) < 4.78 is 4.91. The van der Waals surface area contributed by atoms with Gasteiger partial charge in [0.2, 0.25) is 0 Å². The molecule has 0 aromatic heterocycles. The van der Waals surface area contributed by atoms with E-state index in [2.05, 4.69) is 5.73 Å². The summed E-state index contributed by atoms with van der Waals surface area (Å²) >= 11 is 0. The van der Waals surface area contributed by atoms with Gasteiger partial charge in [0.1, 0.15) is 0 Å². The molecule has 1 atom stereocenters. The van der Waals surface area contributed by atoms with Crippen LogP contribution >= 0.6 is 0 Å². The zero-order chi connectivity index (χ0) is 8.85. The second-order valence-electron chi connectivity index (χ2n) is 3.02. The van der Waals surface area contributed by atoms with Crippen LogP contribution in [0.3, 0.4) is 0 Å². The molecule has 0 spiro atoms.